The van der Waals surface area contributed by atoms with Crippen LogP contribution in [0.1, 0.15) is 13.8 Å². The molecule has 0 saturated carbocycles. The van der Waals surface area contributed by atoms with Crippen LogP contribution in [0.25, 0.3) is 11.2 Å². The standard InChI is InChI=1S/C21H34N8O2/c1-16(2)13-29-20-18(19(22-15-23-20)27-9-11-31-12-10-27)24-21(29)28-7-5-26(6-8-28)17(30)14-25(3)4/h15-16H,5-14H2,1-4H3. The number of anilines is 2. The van der Waals surface area contributed by atoms with Gasteiger partial charge in [0.05, 0.1) is 19.8 Å². The highest BCUT2D eigenvalue weighted by atomic mass is 16.5. The molecule has 2 aromatic rings. The molecule has 2 aliphatic heterocycles. The molecule has 2 aromatic heterocycles. The van der Waals surface area contributed by atoms with Gasteiger partial charge in [0.15, 0.2) is 17.0 Å². The summed E-state index contributed by atoms with van der Waals surface area (Å²) in [5, 5.41) is 0. The zero-order valence-electron chi connectivity index (χ0n) is 19.1. The number of ether oxygens (including phenoxy) is 1. The number of carbonyl (C=O) groups excluding carboxylic acids is 1. The van der Waals surface area contributed by atoms with Gasteiger partial charge >= 0.3 is 0 Å². The van der Waals surface area contributed by atoms with Gasteiger partial charge in [-0.1, -0.05) is 13.8 Å². The molecule has 170 valence electrons. The zero-order chi connectivity index (χ0) is 22.0. The van der Waals surface area contributed by atoms with Crippen LogP contribution in [0, 0.1) is 5.92 Å². The fraction of sp³-hybridized carbons (Fsp3) is 0.714. The minimum absolute atomic E-state index is 0.181. The van der Waals surface area contributed by atoms with Gasteiger partial charge in [-0.05, 0) is 20.0 Å². The molecule has 0 radical (unpaired) electrons. The van der Waals surface area contributed by atoms with Gasteiger partial charge in [-0.2, -0.15) is 0 Å². The van der Waals surface area contributed by atoms with Gasteiger partial charge in [0.1, 0.15) is 6.33 Å². The normalized spacial score (nSPS) is 17.9. The largest absolute Gasteiger partial charge is 0.378 e. The molecular formula is C21H34N8O2. The van der Waals surface area contributed by atoms with E-state index in [1.165, 1.54) is 0 Å². The number of rotatable bonds is 6. The van der Waals surface area contributed by atoms with Crippen molar-refractivity contribution in [3.05, 3.63) is 6.33 Å². The summed E-state index contributed by atoms with van der Waals surface area (Å²) in [6, 6.07) is 0. The van der Waals surface area contributed by atoms with Crippen LogP contribution >= 0.6 is 0 Å². The fourth-order valence-corrected chi connectivity index (χ4v) is 4.22. The molecule has 2 aliphatic rings. The summed E-state index contributed by atoms with van der Waals surface area (Å²) in [4.78, 5) is 35.1. The van der Waals surface area contributed by atoms with E-state index in [9.17, 15) is 4.79 Å². The lowest BCUT2D eigenvalue weighted by atomic mass is 10.2. The lowest BCUT2D eigenvalue weighted by Gasteiger charge is -2.36. The van der Waals surface area contributed by atoms with Gasteiger partial charge in [0.2, 0.25) is 11.9 Å². The van der Waals surface area contributed by atoms with Gasteiger partial charge in [-0.15, -0.1) is 0 Å². The molecule has 2 saturated heterocycles. The minimum atomic E-state index is 0.181. The average Bonchev–Trinajstić information content (AvgIpc) is 3.12. The maximum Gasteiger partial charge on any atom is 0.236 e. The summed E-state index contributed by atoms with van der Waals surface area (Å²) in [5.74, 6) is 2.46. The summed E-state index contributed by atoms with van der Waals surface area (Å²) < 4.78 is 7.73. The van der Waals surface area contributed by atoms with Crippen LogP contribution in [-0.2, 0) is 16.1 Å². The molecule has 0 aliphatic carbocycles. The summed E-state index contributed by atoms with van der Waals surface area (Å²) in [6.45, 7) is 11.7. The van der Waals surface area contributed by atoms with E-state index in [1.807, 2.05) is 23.9 Å². The van der Waals surface area contributed by atoms with Gasteiger partial charge < -0.3 is 24.3 Å². The molecule has 0 aromatic carbocycles. The molecule has 0 atom stereocenters. The molecule has 0 N–H and O–H groups in total. The highest BCUT2D eigenvalue weighted by Gasteiger charge is 2.27. The highest BCUT2D eigenvalue weighted by Crippen LogP contribution is 2.29. The van der Waals surface area contributed by atoms with Gasteiger partial charge in [-0.25, -0.2) is 15.0 Å². The Kier molecular flexibility index (Phi) is 6.57. The maximum absolute atomic E-state index is 12.4. The molecule has 4 heterocycles. The average molecular weight is 431 g/mol. The van der Waals surface area contributed by atoms with Crippen LogP contribution in [0.15, 0.2) is 6.33 Å². The minimum Gasteiger partial charge on any atom is -0.378 e. The number of fused-ring (bicyclic) bond motifs is 1. The van der Waals surface area contributed by atoms with E-state index in [4.69, 9.17) is 9.72 Å². The molecule has 10 nitrogen and oxygen atoms in total. The monoisotopic (exact) mass is 430 g/mol. The Hall–Kier alpha value is -2.46. The van der Waals surface area contributed by atoms with E-state index in [1.54, 1.807) is 6.33 Å². The number of nitrogens with zero attached hydrogens (tertiary/aromatic N) is 8. The number of hydrogen-bond donors (Lipinski definition) is 0. The molecule has 10 heteroatoms. The third kappa shape index (κ3) is 4.74. The number of amides is 1. The molecule has 0 spiro atoms. The maximum atomic E-state index is 12.4. The number of carbonyl (C=O) groups is 1. The van der Waals surface area contributed by atoms with Crippen molar-refractivity contribution in [2.75, 3.05) is 82.9 Å². The molecule has 1 amide bonds. The van der Waals surface area contributed by atoms with Crippen LogP contribution in [0.4, 0.5) is 11.8 Å². The summed E-state index contributed by atoms with van der Waals surface area (Å²) >= 11 is 0. The molecule has 0 bridgehead atoms. The topological polar surface area (TPSA) is 82.9 Å². The first-order chi connectivity index (χ1) is 14.9. The summed E-state index contributed by atoms with van der Waals surface area (Å²) in [7, 11) is 3.85. The summed E-state index contributed by atoms with van der Waals surface area (Å²) in [6.07, 6.45) is 1.65. The Balaban J connectivity index is 1.62. The number of morpholine rings is 1. The Morgan fingerprint density at radius 1 is 1.06 bits per heavy atom. The van der Waals surface area contributed by atoms with Crippen molar-refractivity contribution >= 4 is 28.8 Å². The number of imidazole rings is 1. The summed E-state index contributed by atoms with van der Waals surface area (Å²) in [5.41, 5.74) is 1.73. The second kappa shape index (κ2) is 9.35. The first-order valence-electron chi connectivity index (χ1n) is 11.2. The number of piperazine rings is 1. The van der Waals surface area contributed by atoms with E-state index < -0.39 is 0 Å². The van der Waals surface area contributed by atoms with E-state index >= 15 is 0 Å². The van der Waals surface area contributed by atoms with Gasteiger partial charge in [0, 0.05) is 45.8 Å². The smallest absolute Gasteiger partial charge is 0.236 e. The Morgan fingerprint density at radius 2 is 1.77 bits per heavy atom. The lowest BCUT2D eigenvalue weighted by molar-refractivity contribution is -0.132. The predicted molar refractivity (Wildman–Crippen MR) is 121 cm³/mol. The van der Waals surface area contributed by atoms with Crippen molar-refractivity contribution in [2.45, 2.75) is 20.4 Å². The third-order valence-electron chi connectivity index (χ3n) is 5.72. The lowest BCUT2D eigenvalue weighted by Crippen LogP contribution is -2.51. The first-order valence-corrected chi connectivity index (χ1v) is 11.2. The predicted octanol–water partition coefficient (Wildman–Crippen LogP) is 0.529. The van der Waals surface area contributed by atoms with Crippen molar-refractivity contribution in [1.82, 2.24) is 29.3 Å². The zero-order valence-corrected chi connectivity index (χ0v) is 19.1. The number of likely N-dealkylation sites (N-methyl/N-ethyl adjacent to an activating group) is 1. The van der Waals surface area contributed by atoms with Crippen LogP contribution < -0.4 is 9.80 Å². The van der Waals surface area contributed by atoms with Crippen molar-refractivity contribution in [1.29, 1.82) is 0 Å². The SMILES string of the molecule is CC(C)Cn1c(N2CCN(C(=O)CN(C)C)CC2)nc2c(N3CCOCC3)ncnc21. The van der Waals surface area contributed by atoms with Crippen LogP contribution in [0.5, 0.6) is 0 Å². The van der Waals surface area contributed by atoms with Crippen molar-refractivity contribution in [3.63, 3.8) is 0 Å². The molecule has 4 rings (SSSR count). The fourth-order valence-electron chi connectivity index (χ4n) is 4.22. The molecular weight excluding hydrogens is 396 g/mol. The van der Waals surface area contributed by atoms with Gasteiger partial charge in [0.25, 0.3) is 0 Å². The van der Waals surface area contributed by atoms with E-state index in [2.05, 4.69) is 38.2 Å². The Morgan fingerprint density at radius 3 is 2.42 bits per heavy atom. The van der Waals surface area contributed by atoms with E-state index in [0.29, 0.717) is 38.8 Å². The molecule has 31 heavy (non-hydrogen) atoms. The number of hydrogen-bond acceptors (Lipinski definition) is 8. The second-order valence-electron chi connectivity index (χ2n) is 8.99. The quantitative estimate of drug-likeness (QED) is 0.656. The third-order valence-corrected chi connectivity index (χ3v) is 5.72. The van der Waals surface area contributed by atoms with Crippen LogP contribution in [0.3, 0.4) is 0 Å². The van der Waals surface area contributed by atoms with Crippen molar-refractivity contribution in [3.8, 4) is 0 Å². The van der Waals surface area contributed by atoms with Crippen LogP contribution in [-0.4, -0.2) is 108 Å². The second-order valence-corrected chi connectivity index (χ2v) is 8.99. The molecule has 0 unspecified atom stereocenters. The van der Waals surface area contributed by atoms with Crippen LogP contribution in [0.2, 0.25) is 0 Å². The Labute approximate surface area is 183 Å². The van der Waals surface area contributed by atoms with Crippen molar-refractivity contribution in [2.24, 2.45) is 5.92 Å². The van der Waals surface area contributed by atoms with E-state index in [0.717, 1.165) is 55.7 Å². The van der Waals surface area contributed by atoms with Crippen molar-refractivity contribution < 1.29 is 9.53 Å². The number of aromatic nitrogens is 4. The van der Waals surface area contributed by atoms with Gasteiger partial charge in [-0.3, -0.25) is 9.36 Å². The molecule has 2 fully saturated rings. The first kappa shape index (κ1) is 21.8. The van der Waals surface area contributed by atoms with E-state index in [-0.39, 0.29) is 5.91 Å². The Bertz CT molecular complexity index is 898. The highest BCUT2D eigenvalue weighted by molar-refractivity contribution is 5.86.